The molecule has 0 aromatic heterocycles. The molecule has 7 saturated heterocycles. The van der Waals surface area contributed by atoms with E-state index < -0.39 is 0 Å². The maximum absolute atomic E-state index is 5.65. The van der Waals surface area contributed by atoms with Gasteiger partial charge in [-0.2, -0.15) is 0 Å². The van der Waals surface area contributed by atoms with Crippen LogP contribution in [0.2, 0.25) is 0 Å². The fraction of sp³-hybridized carbons (Fsp3) is 0.912. The van der Waals surface area contributed by atoms with Gasteiger partial charge in [0.25, 0.3) is 0 Å². The summed E-state index contributed by atoms with van der Waals surface area (Å²) in [6, 6.07) is 21.3. The van der Waals surface area contributed by atoms with Gasteiger partial charge in [0.15, 0.2) is 0 Å². The smallest absolute Gasteiger partial charge is 0.122 e. The van der Waals surface area contributed by atoms with Crippen LogP contribution in [0.25, 0.3) is 0 Å². The van der Waals surface area contributed by atoms with E-state index >= 15 is 0 Å². The number of likely N-dealkylation sites (tertiary alicyclic amines) is 1. The van der Waals surface area contributed by atoms with E-state index in [0.717, 1.165) is 169 Å². The van der Waals surface area contributed by atoms with Crippen molar-refractivity contribution in [2.45, 2.75) is 580 Å². The second-order valence-electron chi connectivity index (χ2n) is 63.3. The molecular formula is C136H250N6O2. The molecule has 9 heterocycles. The Labute approximate surface area is 899 Å². The van der Waals surface area contributed by atoms with E-state index in [0.29, 0.717) is 77.1 Å². The van der Waals surface area contributed by atoms with Crippen molar-refractivity contribution in [2.75, 3.05) is 64.4 Å². The standard InChI is InChI=1S/2C13H25N.C13H19N.C13H18O.C12H24N2.C12H22O.2C12H22.C11H21N.2C11H20.3CH4/c1-13(2,3)14-10-6-8-11-7-4-5-9-12(11)14;3*1-13(2,3)11-8-9-14-12-7-5-4-6-10(11)12;1-12(2,3)9-6-8-13-10-5-4-7-14-11(9)10;1-11(2,3)10-6-4-5-7-12(10)8-13-9-12;1-12(2,3)11-8-9-4-6-10(11)7-5-9;1-11(2,3)10-6-4-5-7-12(10)8-9-12;1-11(2,3)12-8-9-4-6-10(12)7-5-9;1-11(2,3)10-6-4-5-8-7-9(8)10;1-11(2,3)10-8-5-4-6-9(10)7-8;;;/h11-12H,4-10H2,1-3H3;10-12,14H,4-9H2,1-3H3;4-7,11,14H,8-9H2,1-3H3;4-7,11H,8-9H2,1-3H3;9-11,13-14H,4-8H2,1-3H3;10H,4-9H2,1-3H3;9-11H,4-8H2,1-3H3;10H,4-9H2,1-3H3;9-10H,4-8H2,1-3H3;2*8-10H,4-7H2,1-3H3;3*1H4. The largest absolute Gasteiger partial charge is 0.493 e. The molecule has 18 atom stereocenters. The Morgan fingerprint density at radius 2 is 0.799 bits per heavy atom. The van der Waals surface area contributed by atoms with Gasteiger partial charge in [-0.1, -0.05) is 342 Å². The van der Waals surface area contributed by atoms with Crippen molar-refractivity contribution < 1.29 is 9.47 Å². The number of piperidine rings is 6. The van der Waals surface area contributed by atoms with E-state index in [1.54, 1.807) is 12.8 Å². The molecule has 25 rings (SSSR count). The molecule has 2 aromatic carbocycles. The Balaban J connectivity index is 0.000000176. The fourth-order valence-electron chi connectivity index (χ4n) is 34.4. The first kappa shape index (κ1) is 125. The molecule has 4 N–H and O–H groups in total. The molecular weight excluding hydrogens is 1750 g/mol. The van der Waals surface area contributed by atoms with Crippen LogP contribution in [-0.2, 0) is 4.74 Å². The van der Waals surface area contributed by atoms with Gasteiger partial charge in [-0.05, 0) is 431 Å². The number of ether oxygens (including phenoxy) is 2. The van der Waals surface area contributed by atoms with Crippen LogP contribution < -0.4 is 26.0 Å². The van der Waals surface area contributed by atoms with Gasteiger partial charge in [0, 0.05) is 65.5 Å². The van der Waals surface area contributed by atoms with Gasteiger partial charge in [0.1, 0.15) is 5.75 Å². The number of nitrogens with one attached hydrogen (secondary N) is 4. The summed E-state index contributed by atoms with van der Waals surface area (Å²) in [6.45, 7) is 89.2. The van der Waals surface area contributed by atoms with E-state index in [1.165, 1.54) is 306 Å². The Kier molecular flexibility index (Phi) is 45.7. The first-order valence-electron chi connectivity index (χ1n) is 61.7. The van der Waals surface area contributed by atoms with Gasteiger partial charge >= 0.3 is 0 Å². The summed E-state index contributed by atoms with van der Waals surface area (Å²) in [4.78, 5) is 5.50. The monoisotopic (exact) mass is 2000 g/mol. The van der Waals surface area contributed by atoms with Gasteiger partial charge in [-0.15, -0.1) is 0 Å². The highest BCUT2D eigenvalue weighted by atomic mass is 16.5. The SMILES string of the molecule is C.C.C.CC(C)(C)C1C2CCCC1C2.CC(C)(C)C1CC2CCC1CC2.CC(C)(C)C1CCCC2CC21.CC(C)(C)C1CCCCC12CC2.CC(C)(C)C1CCCCC12COC2.CC(C)(C)C1CCNC2CCCCC21.CC(C)(C)C1CCNC2CCCNC21.CC(C)(C)C1CCNc2ccccc21.CC(C)(C)C1CCOc2ccccc21.CC(C)(C)N1CC2CCC1CC2.CC(C)(C)N1CCCC2CCCCC21. The predicted octanol–water partition coefficient (Wildman–Crippen LogP) is 38.2. The number of anilines is 1. The van der Waals surface area contributed by atoms with Gasteiger partial charge in [0.2, 0.25) is 0 Å². The highest BCUT2D eigenvalue weighted by Crippen LogP contribution is 2.65. The zero-order chi connectivity index (χ0) is 103. The first-order chi connectivity index (χ1) is 65.9. The molecule has 21 fully saturated rings. The highest BCUT2D eigenvalue weighted by molar-refractivity contribution is 5.55. The number of benzene rings is 2. The van der Waals surface area contributed by atoms with Crippen molar-refractivity contribution in [1.29, 1.82) is 0 Å². The van der Waals surface area contributed by atoms with Crippen LogP contribution in [0.1, 0.15) is 550 Å². The Morgan fingerprint density at radius 3 is 1.28 bits per heavy atom. The average Bonchev–Trinajstić information content (AvgIpc) is 1.64. The van der Waals surface area contributed by atoms with Gasteiger partial charge < -0.3 is 30.7 Å². The predicted molar refractivity (Wildman–Crippen MR) is 634 cm³/mol. The zero-order valence-corrected chi connectivity index (χ0v) is 99.9. The molecule has 836 valence electrons. The van der Waals surface area contributed by atoms with Gasteiger partial charge in [-0.25, -0.2) is 0 Å². The molecule has 0 radical (unpaired) electrons. The number of para-hydroxylation sites is 2. The summed E-state index contributed by atoms with van der Waals surface area (Å²) in [5.74, 6) is 18.9. The molecule has 144 heavy (non-hydrogen) atoms. The highest BCUT2D eigenvalue weighted by Gasteiger charge is 2.56. The summed E-state index contributed by atoms with van der Waals surface area (Å²) in [5, 5.41) is 14.6. The molecule has 18 unspecified atom stereocenters. The average molecular weight is 2000 g/mol. The minimum absolute atomic E-state index is 0. The minimum Gasteiger partial charge on any atom is -0.493 e. The lowest BCUT2D eigenvalue weighted by atomic mass is 9.50. The zero-order valence-electron chi connectivity index (χ0n) is 99.9. The van der Waals surface area contributed by atoms with Crippen LogP contribution >= 0.6 is 0 Å². The Bertz CT molecular complexity index is 3710. The first-order valence-corrected chi connectivity index (χ1v) is 61.7. The summed E-state index contributed by atoms with van der Waals surface area (Å²) in [6.07, 6.45) is 63.1. The summed E-state index contributed by atoms with van der Waals surface area (Å²) in [5.41, 5.74) is 10.9. The summed E-state index contributed by atoms with van der Waals surface area (Å²) >= 11 is 0. The lowest BCUT2D eigenvalue weighted by Crippen LogP contribution is -2.61. The van der Waals surface area contributed by atoms with Crippen LogP contribution in [0.3, 0.4) is 0 Å². The minimum atomic E-state index is 0. The maximum Gasteiger partial charge on any atom is 0.122 e. The topological polar surface area (TPSA) is 73.1 Å². The number of nitrogens with zero attached hydrogens (tertiary/aromatic N) is 2. The molecule has 8 heteroatoms. The van der Waals surface area contributed by atoms with Crippen molar-refractivity contribution in [3.8, 4) is 5.75 Å². The summed E-state index contributed by atoms with van der Waals surface area (Å²) < 4.78 is 11.1. The number of hydrogen-bond acceptors (Lipinski definition) is 8. The normalized spacial score (nSPS) is 34.2. The molecule has 0 amide bonds. The third kappa shape index (κ3) is 34.4. The number of rotatable bonds is 0. The van der Waals surface area contributed by atoms with E-state index in [1.807, 2.05) is 6.07 Å². The van der Waals surface area contributed by atoms with E-state index in [-0.39, 0.29) is 22.3 Å². The second kappa shape index (κ2) is 52.6. The lowest BCUT2D eigenvalue weighted by Gasteiger charge is -2.55. The third-order valence-electron chi connectivity index (χ3n) is 41.7. The van der Waals surface area contributed by atoms with Crippen molar-refractivity contribution >= 4 is 5.69 Å². The van der Waals surface area contributed by atoms with Crippen LogP contribution in [-0.4, -0.2) is 110 Å². The fourth-order valence-corrected chi connectivity index (χ4v) is 34.4. The Hall–Kier alpha value is -2.20. The molecule has 6 bridgehead atoms. The number of fused-ring (bicyclic) bond motifs is 14. The Morgan fingerprint density at radius 1 is 0.312 bits per heavy atom. The molecule has 2 aromatic rings. The van der Waals surface area contributed by atoms with Crippen molar-refractivity contribution in [3.63, 3.8) is 0 Å². The molecule has 23 aliphatic rings. The van der Waals surface area contributed by atoms with Crippen LogP contribution in [0.5, 0.6) is 5.75 Å². The molecule has 9 aliphatic heterocycles. The van der Waals surface area contributed by atoms with Crippen LogP contribution in [0.4, 0.5) is 5.69 Å². The van der Waals surface area contributed by atoms with E-state index in [9.17, 15) is 0 Å². The van der Waals surface area contributed by atoms with Crippen molar-refractivity contribution in [1.82, 2.24) is 25.8 Å². The van der Waals surface area contributed by atoms with Crippen molar-refractivity contribution in [3.05, 3.63) is 59.7 Å². The molecule has 2 spiro atoms. The van der Waals surface area contributed by atoms with Crippen molar-refractivity contribution in [2.24, 2.45) is 154 Å². The summed E-state index contributed by atoms with van der Waals surface area (Å²) in [7, 11) is 0. The van der Waals surface area contributed by atoms with Crippen LogP contribution in [0, 0.1) is 154 Å². The number of hydrogen-bond donors (Lipinski definition) is 4. The lowest BCUT2D eigenvalue weighted by molar-refractivity contribution is -0.184. The van der Waals surface area contributed by atoms with E-state index in [4.69, 9.17) is 9.47 Å². The van der Waals surface area contributed by atoms with Crippen LogP contribution in [0.15, 0.2) is 48.5 Å². The molecule has 14 saturated carbocycles. The van der Waals surface area contributed by atoms with Gasteiger partial charge in [0.05, 0.1) is 19.8 Å². The van der Waals surface area contributed by atoms with E-state index in [2.05, 4.69) is 302 Å². The second-order valence-corrected chi connectivity index (χ2v) is 63.3. The maximum atomic E-state index is 5.65. The molecule has 8 nitrogen and oxygen atoms in total. The third-order valence-corrected chi connectivity index (χ3v) is 41.7. The van der Waals surface area contributed by atoms with Gasteiger partial charge in [-0.3, -0.25) is 9.80 Å². The quantitative estimate of drug-likeness (QED) is 0.208. The molecule has 14 aliphatic carbocycles.